The summed E-state index contributed by atoms with van der Waals surface area (Å²) in [6.07, 6.45) is 5.58. The number of aromatic amines is 1. The molecule has 1 aromatic heterocycles. The van der Waals surface area contributed by atoms with Crippen LogP contribution in [-0.2, 0) is 15.8 Å². The molecule has 0 fully saturated rings. The van der Waals surface area contributed by atoms with Gasteiger partial charge in [0.25, 0.3) is 5.91 Å². The zero-order valence-corrected chi connectivity index (χ0v) is 15.6. The number of hydrogen-bond donors (Lipinski definition) is 4. The third-order valence-electron chi connectivity index (χ3n) is 3.71. The van der Waals surface area contributed by atoms with Crippen LogP contribution in [-0.4, -0.2) is 33.4 Å². The lowest BCUT2D eigenvalue weighted by molar-refractivity contribution is -0.115. The van der Waals surface area contributed by atoms with E-state index in [0.717, 1.165) is 24.8 Å². The molecule has 0 aromatic carbocycles. The molecule has 0 aliphatic rings. The van der Waals surface area contributed by atoms with Crippen molar-refractivity contribution in [3.63, 3.8) is 0 Å². The van der Waals surface area contributed by atoms with E-state index in [1.807, 2.05) is 6.92 Å². The van der Waals surface area contributed by atoms with Gasteiger partial charge in [-0.15, -0.1) is 0 Å². The minimum absolute atomic E-state index is 0.162. The van der Waals surface area contributed by atoms with Gasteiger partial charge in [-0.3, -0.25) is 9.59 Å². The Balaban J connectivity index is 2.87. The van der Waals surface area contributed by atoms with Gasteiger partial charge in [0.2, 0.25) is 5.91 Å². The fourth-order valence-electron chi connectivity index (χ4n) is 2.26. The van der Waals surface area contributed by atoms with Gasteiger partial charge in [-0.25, -0.2) is 8.93 Å². The molecular weight excluding hydrogens is 328 g/mol. The van der Waals surface area contributed by atoms with Crippen LogP contribution in [0.25, 0.3) is 0 Å². The van der Waals surface area contributed by atoms with E-state index in [1.165, 1.54) is 0 Å². The molecule has 7 nitrogen and oxygen atoms in total. The molecule has 2 amide bonds. The lowest BCUT2D eigenvalue weighted by Gasteiger charge is -2.18. The van der Waals surface area contributed by atoms with Gasteiger partial charge in [-0.2, -0.15) is 0 Å². The number of H-pyrrole nitrogens is 1. The van der Waals surface area contributed by atoms with Crippen LogP contribution >= 0.6 is 0 Å². The Hall–Kier alpha value is -1.67. The Labute approximate surface area is 146 Å². The second-order valence-electron chi connectivity index (χ2n) is 5.58. The number of aromatic nitrogens is 1. The number of hydrogen-bond acceptors (Lipinski definition) is 3. The summed E-state index contributed by atoms with van der Waals surface area (Å²) in [6, 6.07) is 0. The first kappa shape index (κ1) is 20.4. The second-order valence-corrected chi connectivity index (χ2v) is 7.15. The van der Waals surface area contributed by atoms with Crippen molar-refractivity contribution in [2.24, 2.45) is 0 Å². The first-order valence-electron chi connectivity index (χ1n) is 8.31. The van der Waals surface area contributed by atoms with Crippen LogP contribution in [0.1, 0.15) is 62.0 Å². The molecule has 24 heavy (non-hydrogen) atoms. The molecule has 2 atom stereocenters. The largest absolute Gasteiger partial charge is 0.355 e. The summed E-state index contributed by atoms with van der Waals surface area (Å²) in [5.74, 6) is -0.537. The summed E-state index contributed by atoms with van der Waals surface area (Å²) in [5.41, 5.74) is 1.53. The minimum atomic E-state index is -1.36. The fraction of sp³-hybridized carbons (Fsp3) is 0.625. The molecule has 0 aliphatic heterocycles. The molecule has 4 N–H and O–H groups in total. The molecule has 1 aromatic rings. The Bertz CT molecular complexity index is 586. The Morgan fingerprint density at radius 2 is 2.00 bits per heavy atom. The number of carbonyl (C=O) groups excluding carboxylic acids is 2. The molecule has 1 rings (SSSR count). The first-order valence-corrected chi connectivity index (χ1v) is 9.52. The number of nitrogens with one attached hydrogen (secondary N) is 4. The average molecular weight is 356 g/mol. The van der Waals surface area contributed by atoms with E-state index < -0.39 is 16.4 Å². The maximum Gasteiger partial charge on any atom is 0.270 e. The predicted molar refractivity (Wildman–Crippen MR) is 97.0 cm³/mol. The maximum absolute atomic E-state index is 12.6. The number of aryl methyl sites for hydroxylation is 1. The van der Waals surface area contributed by atoms with Crippen LogP contribution in [0.5, 0.6) is 0 Å². The van der Waals surface area contributed by atoms with E-state index in [9.17, 15) is 13.8 Å². The summed E-state index contributed by atoms with van der Waals surface area (Å²) in [4.78, 5) is 27.1. The molecule has 1 heterocycles. The van der Waals surface area contributed by atoms with E-state index in [0.29, 0.717) is 18.5 Å². The summed E-state index contributed by atoms with van der Waals surface area (Å²) in [6.45, 7) is 5.65. The zero-order valence-electron chi connectivity index (χ0n) is 14.8. The summed E-state index contributed by atoms with van der Waals surface area (Å²) in [5, 5.41) is 5.06. The van der Waals surface area contributed by atoms with Crippen molar-refractivity contribution in [1.82, 2.24) is 15.0 Å². The molecule has 0 radical (unpaired) electrons. The smallest absolute Gasteiger partial charge is 0.270 e. The van der Waals surface area contributed by atoms with Crippen molar-refractivity contribution >= 4 is 28.5 Å². The van der Waals surface area contributed by atoms with E-state index in [4.69, 9.17) is 0 Å². The third-order valence-corrected chi connectivity index (χ3v) is 4.98. The number of carbonyl (C=O) groups is 2. The van der Waals surface area contributed by atoms with Gasteiger partial charge < -0.3 is 15.6 Å². The number of anilines is 1. The molecule has 0 saturated carbocycles. The highest BCUT2D eigenvalue weighted by molar-refractivity contribution is 7.83. The third kappa shape index (κ3) is 5.76. The fourth-order valence-corrected chi connectivity index (χ4v) is 3.14. The van der Waals surface area contributed by atoms with Crippen LogP contribution in [0.3, 0.4) is 0 Å². The van der Waals surface area contributed by atoms with Crippen LogP contribution in [0.15, 0.2) is 6.20 Å². The van der Waals surface area contributed by atoms with Gasteiger partial charge in [-0.05, 0) is 26.0 Å². The highest BCUT2D eigenvalue weighted by atomic mass is 32.2. The summed E-state index contributed by atoms with van der Waals surface area (Å²) < 4.78 is 14.8. The Morgan fingerprint density at radius 1 is 1.29 bits per heavy atom. The van der Waals surface area contributed by atoms with E-state index in [-0.39, 0.29) is 17.5 Å². The second kappa shape index (κ2) is 10.2. The minimum Gasteiger partial charge on any atom is -0.355 e. The maximum atomic E-state index is 12.6. The first-order chi connectivity index (χ1) is 11.4. The SMILES string of the molecule is CCCCC[C@@H](NC(=O)c1[nH]cc(C)c1NC(=O)CC)S(=O)NC. The predicted octanol–water partition coefficient (Wildman–Crippen LogP) is 2.19. The van der Waals surface area contributed by atoms with Gasteiger partial charge in [0.05, 0.1) is 5.69 Å². The molecular formula is C16H28N4O3S. The van der Waals surface area contributed by atoms with Crippen LogP contribution in [0.2, 0.25) is 0 Å². The van der Waals surface area contributed by atoms with Crippen molar-refractivity contribution in [1.29, 1.82) is 0 Å². The van der Waals surface area contributed by atoms with Crippen LogP contribution < -0.4 is 15.4 Å². The van der Waals surface area contributed by atoms with E-state index >= 15 is 0 Å². The summed E-state index contributed by atoms with van der Waals surface area (Å²) in [7, 11) is 0.240. The molecule has 0 bridgehead atoms. The van der Waals surface area contributed by atoms with Gasteiger partial charge in [0.1, 0.15) is 22.1 Å². The summed E-state index contributed by atoms with van der Waals surface area (Å²) >= 11 is 0. The monoisotopic (exact) mass is 356 g/mol. The van der Waals surface area contributed by atoms with Crippen molar-refractivity contribution < 1.29 is 13.8 Å². The highest BCUT2D eigenvalue weighted by Gasteiger charge is 2.23. The molecule has 0 saturated heterocycles. The van der Waals surface area contributed by atoms with Gasteiger partial charge in [0, 0.05) is 12.6 Å². The number of amides is 2. The van der Waals surface area contributed by atoms with Gasteiger partial charge in [0.15, 0.2) is 0 Å². The van der Waals surface area contributed by atoms with Crippen molar-refractivity contribution in [2.45, 2.75) is 58.2 Å². The quantitative estimate of drug-likeness (QED) is 0.483. The molecule has 1 unspecified atom stereocenters. The van der Waals surface area contributed by atoms with Crippen LogP contribution in [0.4, 0.5) is 5.69 Å². The Morgan fingerprint density at radius 3 is 2.58 bits per heavy atom. The number of rotatable bonds is 10. The highest BCUT2D eigenvalue weighted by Crippen LogP contribution is 2.20. The van der Waals surface area contributed by atoms with Gasteiger partial charge >= 0.3 is 0 Å². The number of unbranched alkanes of at least 4 members (excludes halogenated alkanes) is 2. The van der Waals surface area contributed by atoms with Crippen molar-refractivity contribution in [3.8, 4) is 0 Å². The lowest BCUT2D eigenvalue weighted by atomic mass is 10.2. The zero-order chi connectivity index (χ0) is 18.1. The molecule has 8 heteroatoms. The van der Waals surface area contributed by atoms with Crippen molar-refractivity contribution in [3.05, 3.63) is 17.5 Å². The normalized spacial score (nSPS) is 13.3. The Kier molecular flexibility index (Phi) is 8.70. The standard InChI is InChI=1S/C16H28N4O3S/c1-5-7-8-9-13(24(23)17-4)20-16(22)15-14(11(3)10-18-15)19-12(21)6-2/h10,13,17-18H,5-9H2,1-4H3,(H,19,21)(H,20,22)/t13-,24?/m0/s1. The van der Waals surface area contributed by atoms with E-state index in [1.54, 1.807) is 20.2 Å². The van der Waals surface area contributed by atoms with E-state index in [2.05, 4.69) is 27.3 Å². The van der Waals surface area contributed by atoms with Crippen molar-refractivity contribution in [2.75, 3.05) is 12.4 Å². The van der Waals surface area contributed by atoms with Crippen LogP contribution in [0, 0.1) is 6.92 Å². The molecule has 0 aliphatic carbocycles. The van der Waals surface area contributed by atoms with Gasteiger partial charge in [-0.1, -0.05) is 33.1 Å². The molecule has 0 spiro atoms. The average Bonchev–Trinajstić information content (AvgIpc) is 2.93. The lowest BCUT2D eigenvalue weighted by Crippen LogP contribution is -2.42. The topological polar surface area (TPSA) is 103 Å². The molecule has 136 valence electrons.